The highest BCUT2D eigenvalue weighted by Crippen LogP contribution is 2.38. The van der Waals surface area contributed by atoms with Crippen LogP contribution >= 0.6 is 0 Å². The predicted octanol–water partition coefficient (Wildman–Crippen LogP) is 1.81. The van der Waals surface area contributed by atoms with Crippen molar-refractivity contribution in [1.82, 2.24) is 0 Å². The largest absolute Gasteiger partial charge is 0.504 e. The van der Waals surface area contributed by atoms with Crippen LogP contribution in [0.4, 0.5) is 0 Å². The van der Waals surface area contributed by atoms with Gasteiger partial charge in [-0.1, -0.05) is 0 Å². The Labute approximate surface area is 93.8 Å². The van der Waals surface area contributed by atoms with Gasteiger partial charge in [-0.3, -0.25) is 0 Å². The molecule has 1 atom stereocenters. The molecule has 1 heterocycles. The van der Waals surface area contributed by atoms with E-state index < -0.39 is 5.97 Å². The van der Waals surface area contributed by atoms with Crippen LogP contribution in [0.1, 0.15) is 28.4 Å². The first-order valence-electron chi connectivity index (χ1n) is 5.15. The summed E-state index contributed by atoms with van der Waals surface area (Å²) in [7, 11) is 1.46. The number of aromatic hydroxyl groups is 1. The topological polar surface area (TPSA) is 55.8 Å². The molecule has 0 spiro atoms. The molecule has 1 aromatic rings. The monoisotopic (exact) mass is 222 g/mol. The number of hydrogen-bond acceptors (Lipinski definition) is 4. The Bertz CT molecular complexity index is 451. The molecule has 0 saturated heterocycles. The first kappa shape index (κ1) is 10.8. The van der Waals surface area contributed by atoms with Crippen molar-refractivity contribution < 1.29 is 19.4 Å². The normalized spacial score (nSPS) is 18.9. The van der Waals surface area contributed by atoms with Gasteiger partial charge in [-0.25, -0.2) is 4.79 Å². The van der Waals surface area contributed by atoms with E-state index in [1.807, 2.05) is 13.8 Å². The Morgan fingerprint density at radius 3 is 2.88 bits per heavy atom. The number of cyclic esters (lactones) is 1. The van der Waals surface area contributed by atoms with Crippen LogP contribution < -0.4 is 4.74 Å². The summed E-state index contributed by atoms with van der Waals surface area (Å²) in [6.45, 7) is 3.73. The summed E-state index contributed by atoms with van der Waals surface area (Å²) in [6, 6.07) is 1.74. The van der Waals surface area contributed by atoms with Crippen molar-refractivity contribution in [3.05, 3.63) is 22.8 Å². The van der Waals surface area contributed by atoms with Gasteiger partial charge in [0.1, 0.15) is 11.7 Å². The van der Waals surface area contributed by atoms with Crippen LogP contribution in [0.3, 0.4) is 0 Å². The minimum absolute atomic E-state index is 0.125. The second kappa shape index (κ2) is 3.70. The second-order valence-corrected chi connectivity index (χ2v) is 4.02. The van der Waals surface area contributed by atoms with Gasteiger partial charge < -0.3 is 14.6 Å². The zero-order chi connectivity index (χ0) is 11.9. The van der Waals surface area contributed by atoms with Gasteiger partial charge in [-0.05, 0) is 31.0 Å². The summed E-state index contributed by atoms with van der Waals surface area (Å²) in [5.74, 6) is -0.295. The quantitative estimate of drug-likeness (QED) is 0.736. The molecule has 0 aromatic heterocycles. The third kappa shape index (κ3) is 1.50. The number of phenolic OH excluding ortho intramolecular Hbond substituents is 1. The second-order valence-electron chi connectivity index (χ2n) is 4.02. The third-order valence-electron chi connectivity index (χ3n) is 2.82. The number of fused-ring (bicyclic) bond motifs is 1. The molecule has 1 aromatic carbocycles. The van der Waals surface area contributed by atoms with Crippen LogP contribution in [0.2, 0.25) is 0 Å². The maximum Gasteiger partial charge on any atom is 0.342 e. The molecule has 0 saturated carbocycles. The minimum atomic E-state index is -0.478. The van der Waals surface area contributed by atoms with Crippen molar-refractivity contribution in [2.75, 3.05) is 7.11 Å². The summed E-state index contributed by atoms with van der Waals surface area (Å²) >= 11 is 0. The highest BCUT2D eigenvalue weighted by Gasteiger charge is 2.30. The van der Waals surface area contributed by atoms with Crippen molar-refractivity contribution >= 4 is 5.97 Å². The molecule has 16 heavy (non-hydrogen) atoms. The molecule has 0 bridgehead atoms. The number of carbonyl (C=O) groups is 1. The van der Waals surface area contributed by atoms with E-state index in [2.05, 4.69) is 0 Å². The molecule has 2 rings (SSSR count). The van der Waals surface area contributed by atoms with Crippen LogP contribution in [0.25, 0.3) is 0 Å². The van der Waals surface area contributed by atoms with Crippen molar-refractivity contribution in [3.8, 4) is 11.5 Å². The zero-order valence-corrected chi connectivity index (χ0v) is 9.53. The summed E-state index contributed by atoms with van der Waals surface area (Å²) in [5, 5.41) is 9.89. The molecule has 4 heteroatoms. The summed E-state index contributed by atoms with van der Waals surface area (Å²) in [5.41, 5.74) is 2.03. The molecular formula is C12H14O4. The van der Waals surface area contributed by atoms with E-state index in [1.54, 1.807) is 6.07 Å². The molecule has 0 radical (unpaired) electrons. The predicted molar refractivity (Wildman–Crippen MR) is 58.0 cm³/mol. The van der Waals surface area contributed by atoms with Gasteiger partial charge in [0, 0.05) is 6.42 Å². The van der Waals surface area contributed by atoms with E-state index in [0.717, 1.165) is 11.1 Å². The highest BCUT2D eigenvalue weighted by molar-refractivity contribution is 5.96. The molecule has 86 valence electrons. The van der Waals surface area contributed by atoms with E-state index in [1.165, 1.54) is 7.11 Å². The van der Waals surface area contributed by atoms with Gasteiger partial charge in [0.05, 0.1) is 7.11 Å². The van der Waals surface area contributed by atoms with Crippen LogP contribution in [0.15, 0.2) is 6.07 Å². The van der Waals surface area contributed by atoms with E-state index in [-0.39, 0.29) is 17.4 Å². The van der Waals surface area contributed by atoms with Crippen molar-refractivity contribution in [2.45, 2.75) is 26.4 Å². The third-order valence-corrected chi connectivity index (χ3v) is 2.82. The maximum absolute atomic E-state index is 11.7. The lowest BCUT2D eigenvalue weighted by Gasteiger charge is -2.24. The molecule has 0 amide bonds. The number of hydrogen-bond donors (Lipinski definition) is 1. The van der Waals surface area contributed by atoms with Gasteiger partial charge in [0.2, 0.25) is 0 Å². The van der Waals surface area contributed by atoms with Gasteiger partial charge in [0.15, 0.2) is 11.5 Å². The van der Waals surface area contributed by atoms with Gasteiger partial charge >= 0.3 is 5.97 Å². The van der Waals surface area contributed by atoms with Crippen LogP contribution in [0, 0.1) is 6.92 Å². The van der Waals surface area contributed by atoms with Crippen LogP contribution in [-0.4, -0.2) is 24.3 Å². The molecule has 0 unspecified atom stereocenters. The highest BCUT2D eigenvalue weighted by atomic mass is 16.5. The first-order valence-corrected chi connectivity index (χ1v) is 5.15. The number of rotatable bonds is 1. The smallest absolute Gasteiger partial charge is 0.342 e. The number of methoxy groups -OCH3 is 1. The Hall–Kier alpha value is -1.71. The fraction of sp³-hybridized carbons (Fsp3) is 0.417. The van der Waals surface area contributed by atoms with Crippen LogP contribution in [0.5, 0.6) is 11.5 Å². The molecule has 1 aliphatic rings. The van der Waals surface area contributed by atoms with Crippen molar-refractivity contribution in [3.63, 3.8) is 0 Å². The lowest BCUT2D eigenvalue weighted by molar-refractivity contribution is 0.0295. The van der Waals surface area contributed by atoms with E-state index in [4.69, 9.17) is 9.47 Å². The average Bonchev–Trinajstić information content (AvgIpc) is 2.22. The standard InChI is InChI=1S/C12H14O4/c1-6-4-9(15-3)11(13)10-8(6)5-7(2)16-12(10)14/h4,7,13H,5H2,1-3H3/t7-/m0/s1. The van der Waals surface area contributed by atoms with Crippen LogP contribution in [-0.2, 0) is 11.2 Å². The van der Waals surface area contributed by atoms with E-state index in [0.29, 0.717) is 12.2 Å². The Morgan fingerprint density at radius 1 is 1.56 bits per heavy atom. The molecule has 1 aliphatic heterocycles. The lowest BCUT2D eigenvalue weighted by atomic mass is 9.93. The number of ether oxygens (including phenoxy) is 2. The molecule has 0 fully saturated rings. The number of benzene rings is 1. The lowest BCUT2D eigenvalue weighted by Crippen LogP contribution is -2.26. The number of aryl methyl sites for hydroxylation is 1. The Balaban J connectivity index is 2.66. The molecule has 4 nitrogen and oxygen atoms in total. The van der Waals surface area contributed by atoms with Gasteiger partial charge in [0.25, 0.3) is 0 Å². The average molecular weight is 222 g/mol. The minimum Gasteiger partial charge on any atom is -0.504 e. The van der Waals surface area contributed by atoms with Crippen molar-refractivity contribution in [2.24, 2.45) is 0 Å². The fourth-order valence-corrected chi connectivity index (χ4v) is 2.02. The fourth-order valence-electron chi connectivity index (χ4n) is 2.02. The van der Waals surface area contributed by atoms with E-state index >= 15 is 0 Å². The SMILES string of the molecule is COc1cc(C)c2c(c1O)C(=O)O[C@@H](C)C2. The number of carbonyl (C=O) groups excluding carboxylic acids is 1. The van der Waals surface area contributed by atoms with E-state index in [9.17, 15) is 9.90 Å². The summed E-state index contributed by atoms with van der Waals surface area (Å²) in [4.78, 5) is 11.7. The summed E-state index contributed by atoms with van der Waals surface area (Å²) < 4.78 is 10.1. The number of phenols is 1. The number of esters is 1. The molecular weight excluding hydrogens is 208 g/mol. The van der Waals surface area contributed by atoms with Gasteiger partial charge in [-0.15, -0.1) is 0 Å². The van der Waals surface area contributed by atoms with Crippen molar-refractivity contribution in [1.29, 1.82) is 0 Å². The molecule has 1 N–H and O–H groups in total. The van der Waals surface area contributed by atoms with Gasteiger partial charge in [-0.2, -0.15) is 0 Å². The Kier molecular flexibility index (Phi) is 2.50. The first-order chi connectivity index (χ1) is 7.54. The summed E-state index contributed by atoms with van der Waals surface area (Å²) in [6.07, 6.45) is 0.483. The molecule has 0 aliphatic carbocycles. The zero-order valence-electron chi connectivity index (χ0n) is 9.53. The Morgan fingerprint density at radius 2 is 2.25 bits per heavy atom. The maximum atomic E-state index is 11.7.